The van der Waals surface area contributed by atoms with Gasteiger partial charge in [-0.15, -0.1) is 0 Å². The van der Waals surface area contributed by atoms with Gasteiger partial charge in [0.1, 0.15) is 22.9 Å². The Balaban J connectivity index is 1.84. The van der Waals surface area contributed by atoms with Crippen LogP contribution in [-0.4, -0.2) is 17.6 Å². The molecule has 0 fully saturated rings. The van der Waals surface area contributed by atoms with Crippen LogP contribution in [0, 0.1) is 18.7 Å². The van der Waals surface area contributed by atoms with E-state index in [1.165, 1.54) is 6.07 Å². The van der Waals surface area contributed by atoms with E-state index in [1.807, 2.05) is 0 Å². The second-order valence-corrected chi connectivity index (χ2v) is 6.43. The number of amides is 1. The van der Waals surface area contributed by atoms with Gasteiger partial charge < -0.3 is 14.8 Å². The fourth-order valence-electron chi connectivity index (χ4n) is 2.45. The lowest BCUT2D eigenvalue weighted by Crippen LogP contribution is -2.40. The summed E-state index contributed by atoms with van der Waals surface area (Å²) in [7, 11) is 0. The van der Waals surface area contributed by atoms with Gasteiger partial charge in [-0.2, -0.15) is 0 Å². The summed E-state index contributed by atoms with van der Waals surface area (Å²) in [5, 5.41) is 13.2. The summed E-state index contributed by atoms with van der Waals surface area (Å²) in [6.07, 6.45) is 1.03. The van der Waals surface area contributed by atoms with E-state index in [-0.39, 0.29) is 24.2 Å². The van der Waals surface area contributed by atoms with Crippen molar-refractivity contribution in [2.45, 2.75) is 39.2 Å². The van der Waals surface area contributed by atoms with Crippen molar-refractivity contribution in [1.29, 1.82) is 0 Å². The first kappa shape index (κ1) is 18.2. The number of hydrogen-bond acceptors (Lipinski definition) is 3. The number of benzene rings is 1. The first-order valence-corrected chi connectivity index (χ1v) is 8.10. The van der Waals surface area contributed by atoms with Crippen molar-refractivity contribution < 1.29 is 18.7 Å². The number of carbonyl (C=O) groups excluding carboxylic acids is 1. The molecule has 2 atom stereocenters. The van der Waals surface area contributed by atoms with Crippen molar-refractivity contribution in [2.75, 3.05) is 6.54 Å². The molecule has 0 aliphatic rings. The first-order chi connectivity index (χ1) is 11.3. The summed E-state index contributed by atoms with van der Waals surface area (Å²) in [5.74, 6) is 0.420. The minimum atomic E-state index is -1.27. The predicted octanol–water partition coefficient (Wildman–Crippen LogP) is 3.32. The van der Waals surface area contributed by atoms with Gasteiger partial charge in [0.15, 0.2) is 0 Å². The summed E-state index contributed by atoms with van der Waals surface area (Å²) >= 11 is 0. The maximum atomic E-state index is 13.6. The van der Waals surface area contributed by atoms with Crippen molar-refractivity contribution in [3.63, 3.8) is 0 Å². The Kier molecular flexibility index (Phi) is 5.78. The van der Waals surface area contributed by atoms with Gasteiger partial charge in [-0.3, -0.25) is 4.79 Å². The largest absolute Gasteiger partial charge is 0.463 e. The zero-order valence-corrected chi connectivity index (χ0v) is 14.3. The molecule has 0 saturated heterocycles. The van der Waals surface area contributed by atoms with E-state index in [0.717, 1.165) is 0 Å². The van der Waals surface area contributed by atoms with Gasteiger partial charge in [0.2, 0.25) is 5.91 Å². The molecule has 1 heterocycles. The summed E-state index contributed by atoms with van der Waals surface area (Å²) in [5.41, 5.74) is -0.662. The quantitative estimate of drug-likeness (QED) is 0.817. The molecular formula is C19H24FNO3. The van der Waals surface area contributed by atoms with Gasteiger partial charge in [-0.25, -0.2) is 4.39 Å². The third-order valence-corrected chi connectivity index (χ3v) is 4.13. The van der Waals surface area contributed by atoms with Crippen LogP contribution in [0.1, 0.15) is 37.4 Å². The van der Waals surface area contributed by atoms with Crippen molar-refractivity contribution in [2.24, 2.45) is 5.92 Å². The van der Waals surface area contributed by atoms with Gasteiger partial charge in [0.05, 0.1) is 6.54 Å². The summed E-state index contributed by atoms with van der Waals surface area (Å²) < 4.78 is 19.0. The van der Waals surface area contributed by atoms with Crippen LogP contribution in [0.5, 0.6) is 0 Å². The standard InChI is InChI=1S/C19H24FNO3/c1-13(8-10-15-6-4-5-7-16(15)20)18(22)21-12-19(3,23)17-11-9-14(2)24-17/h4-7,9,11,13,23H,8,10,12H2,1-3H3,(H,21,22). The van der Waals surface area contributed by atoms with Crippen LogP contribution in [-0.2, 0) is 16.8 Å². The van der Waals surface area contributed by atoms with Crippen molar-refractivity contribution in [3.05, 3.63) is 59.3 Å². The third-order valence-electron chi connectivity index (χ3n) is 4.13. The Morgan fingerprint density at radius 2 is 2.04 bits per heavy atom. The number of hydrogen-bond donors (Lipinski definition) is 2. The topological polar surface area (TPSA) is 62.5 Å². The first-order valence-electron chi connectivity index (χ1n) is 8.10. The number of nitrogens with one attached hydrogen (secondary N) is 1. The lowest BCUT2D eigenvalue weighted by molar-refractivity contribution is -0.126. The number of halogens is 1. The van der Waals surface area contributed by atoms with Crippen LogP contribution in [0.25, 0.3) is 0 Å². The molecule has 24 heavy (non-hydrogen) atoms. The molecule has 130 valence electrons. The minimum Gasteiger partial charge on any atom is -0.463 e. The lowest BCUT2D eigenvalue weighted by Gasteiger charge is -2.22. The second-order valence-electron chi connectivity index (χ2n) is 6.43. The number of aliphatic hydroxyl groups is 1. The van der Waals surface area contributed by atoms with Crippen molar-refractivity contribution in [3.8, 4) is 0 Å². The van der Waals surface area contributed by atoms with E-state index in [9.17, 15) is 14.3 Å². The Labute approximate surface area is 141 Å². The maximum absolute atomic E-state index is 13.6. The Morgan fingerprint density at radius 3 is 2.67 bits per heavy atom. The smallest absolute Gasteiger partial charge is 0.222 e. The van der Waals surface area contributed by atoms with Gasteiger partial charge in [-0.1, -0.05) is 25.1 Å². The molecule has 0 aliphatic heterocycles. The predicted molar refractivity (Wildman–Crippen MR) is 89.9 cm³/mol. The molecule has 1 aromatic heterocycles. The monoisotopic (exact) mass is 333 g/mol. The SMILES string of the molecule is Cc1ccc(C(C)(O)CNC(=O)C(C)CCc2ccccc2F)o1. The number of aryl methyl sites for hydroxylation is 2. The molecule has 2 rings (SSSR count). The van der Waals surface area contributed by atoms with Crippen molar-refractivity contribution >= 4 is 5.91 Å². The average molecular weight is 333 g/mol. The molecule has 2 N–H and O–H groups in total. The molecule has 5 heteroatoms. The molecule has 0 saturated carbocycles. The fourth-order valence-corrected chi connectivity index (χ4v) is 2.45. The Bertz CT molecular complexity index is 693. The summed E-state index contributed by atoms with van der Waals surface area (Å²) in [6.45, 7) is 5.24. The molecular weight excluding hydrogens is 309 g/mol. The Hall–Kier alpha value is -2.14. The van der Waals surface area contributed by atoms with E-state index in [2.05, 4.69) is 5.32 Å². The van der Waals surface area contributed by atoms with Crippen LogP contribution < -0.4 is 5.32 Å². The zero-order valence-electron chi connectivity index (χ0n) is 14.3. The van der Waals surface area contributed by atoms with Crippen LogP contribution in [0.4, 0.5) is 4.39 Å². The third kappa shape index (κ3) is 4.68. The van der Waals surface area contributed by atoms with Gasteiger partial charge in [0, 0.05) is 5.92 Å². The maximum Gasteiger partial charge on any atom is 0.222 e. The lowest BCUT2D eigenvalue weighted by atomic mass is 9.99. The molecule has 0 spiro atoms. The number of carbonyl (C=O) groups is 1. The van der Waals surface area contributed by atoms with Crippen LogP contribution in [0.2, 0.25) is 0 Å². The van der Waals surface area contributed by atoms with E-state index >= 15 is 0 Å². The van der Waals surface area contributed by atoms with Gasteiger partial charge in [-0.05, 0) is 50.5 Å². The number of rotatable bonds is 7. The fraction of sp³-hybridized carbons (Fsp3) is 0.421. The van der Waals surface area contributed by atoms with Crippen molar-refractivity contribution in [1.82, 2.24) is 5.32 Å². The molecule has 2 aromatic rings. The Morgan fingerprint density at radius 1 is 1.33 bits per heavy atom. The van der Waals surface area contributed by atoms with E-state index in [4.69, 9.17) is 4.42 Å². The summed E-state index contributed by atoms with van der Waals surface area (Å²) in [6, 6.07) is 10.0. The molecule has 0 radical (unpaired) electrons. The minimum absolute atomic E-state index is 0.0584. The highest BCUT2D eigenvalue weighted by molar-refractivity contribution is 5.78. The van der Waals surface area contributed by atoms with E-state index in [0.29, 0.717) is 29.9 Å². The van der Waals surface area contributed by atoms with Crippen LogP contribution in [0.15, 0.2) is 40.8 Å². The highest BCUT2D eigenvalue weighted by Crippen LogP contribution is 2.22. The zero-order chi connectivity index (χ0) is 17.7. The van der Waals surface area contributed by atoms with Crippen LogP contribution in [0.3, 0.4) is 0 Å². The van der Waals surface area contributed by atoms with Crippen LogP contribution >= 0.6 is 0 Å². The average Bonchev–Trinajstić information content (AvgIpc) is 2.99. The van der Waals surface area contributed by atoms with Gasteiger partial charge >= 0.3 is 0 Å². The molecule has 0 bridgehead atoms. The molecule has 1 amide bonds. The van der Waals surface area contributed by atoms with Gasteiger partial charge in [0.25, 0.3) is 0 Å². The molecule has 1 aromatic carbocycles. The molecule has 4 nitrogen and oxygen atoms in total. The van der Waals surface area contributed by atoms with E-state index in [1.54, 1.807) is 51.1 Å². The molecule has 0 aliphatic carbocycles. The summed E-state index contributed by atoms with van der Waals surface area (Å²) in [4.78, 5) is 12.2. The highest BCUT2D eigenvalue weighted by Gasteiger charge is 2.28. The normalized spacial score (nSPS) is 14.9. The highest BCUT2D eigenvalue weighted by atomic mass is 19.1. The second kappa shape index (κ2) is 7.62. The van der Waals surface area contributed by atoms with E-state index < -0.39 is 5.60 Å². The number of furan rings is 1. The molecule has 2 unspecified atom stereocenters.